The van der Waals surface area contributed by atoms with Gasteiger partial charge in [0.25, 0.3) is 0 Å². The average Bonchev–Trinajstić information content (AvgIpc) is 2.45. The Kier molecular flexibility index (Phi) is 7.80. The number of hydrogen-bond donors (Lipinski definition) is 1. The van der Waals surface area contributed by atoms with E-state index in [-0.39, 0.29) is 17.3 Å². The zero-order valence-electron chi connectivity index (χ0n) is 11.6. The topological polar surface area (TPSA) is 63.6 Å². The molecule has 0 spiro atoms. The average molecular weight is 296 g/mol. The predicted molar refractivity (Wildman–Crippen MR) is 79.2 cm³/mol. The Balaban J connectivity index is 2.27. The molecule has 0 aliphatic carbocycles. The van der Waals surface area contributed by atoms with E-state index in [1.165, 1.54) is 17.8 Å². The van der Waals surface area contributed by atoms with Crippen molar-refractivity contribution in [2.45, 2.75) is 37.5 Å². The zero-order chi connectivity index (χ0) is 14.8. The van der Waals surface area contributed by atoms with Crippen molar-refractivity contribution >= 4 is 23.7 Å². The van der Waals surface area contributed by atoms with E-state index in [1.54, 1.807) is 18.2 Å². The number of carbonyl (C=O) groups is 2. The maximum atomic E-state index is 11.5. The molecule has 0 saturated carbocycles. The van der Waals surface area contributed by atoms with E-state index in [0.717, 1.165) is 30.6 Å². The number of hydrogen-bond acceptors (Lipinski definition) is 4. The van der Waals surface area contributed by atoms with Crippen LogP contribution < -0.4 is 0 Å². The highest BCUT2D eigenvalue weighted by Crippen LogP contribution is 2.19. The number of thioether (sulfide) groups is 1. The van der Waals surface area contributed by atoms with Crippen molar-refractivity contribution in [3.05, 3.63) is 29.8 Å². The van der Waals surface area contributed by atoms with Crippen molar-refractivity contribution in [3.8, 4) is 0 Å². The lowest BCUT2D eigenvalue weighted by Gasteiger charge is -2.05. The van der Waals surface area contributed by atoms with E-state index in [0.29, 0.717) is 6.61 Å². The third-order valence-electron chi connectivity index (χ3n) is 2.70. The summed E-state index contributed by atoms with van der Waals surface area (Å²) in [7, 11) is 0. The van der Waals surface area contributed by atoms with Crippen molar-refractivity contribution in [2.24, 2.45) is 0 Å². The normalized spacial score (nSPS) is 10.2. The lowest BCUT2D eigenvalue weighted by atomic mass is 10.2. The Labute approximate surface area is 123 Å². The summed E-state index contributed by atoms with van der Waals surface area (Å²) in [6.07, 6.45) is 4.30. The third kappa shape index (κ3) is 6.61. The van der Waals surface area contributed by atoms with Crippen LogP contribution in [0.5, 0.6) is 0 Å². The Morgan fingerprint density at radius 2 is 2.05 bits per heavy atom. The number of esters is 1. The number of benzene rings is 1. The molecule has 110 valence electrons. The second-order valence-corrected chi connectivity index (χ2v) is 5.45. The first kappa shape index (κ1) is 16.6. The van der Waals surface area contributed by atoms with Crippen LogP contribution >= 0.6 is 11.8 Å². The third-order valence-corrected chi connectivity index (χ3v) is 3.67. The monoisotopic (exact) mass is 296 g/mol. The molecule has 0 radical (unpaired) electrons. The summed E-state index contributed by atoms with van der Waals surface area (Å²) in [5.74, 6) is -1.02. The number of carboxylic acids is 1. The van der Waals surface area contributed by atoms with Crippen LogP contribution in [0.2, 0.25) is 0 Å². The SMILES string of the molecule is CCCCCCOC(=O)CSc1cccc(C(=O)O)c1. The number of aromatic carboxylic acids is 1. The van der Waals surface area contributed by atoms with E-state index in [2.05, 4.69) is 6.92 Å². The molecule has 0 saturated heterocycles. The van der Waals surface area contributed by atoms with E-state index in [4.69, 9.17) is 9.84 Å². The minimum Gasteiger partial charge on any atom is -0.478 e. The molecule has 0 aliphatic rings. The van der Waals surface area contributed by atoms with Crippen molar-refractivity contribution in [1.29, 1.82) is 0 Å². The summed E-state index contributed by atoms with van der Waals surface area (Å²) in [5, 5.41) is 8.87. The van der Waals surface area contributed by atoms with Crippen LogP contribution in [0.3, 0.4) is 0 Å². The van der Waals surface area contributed by atoms with Gasteiger partial charge in [0, 0.05) is 4.90 Å². The first-order valence-corrected chi connectivity index (χ1v) is 7.74. The van der Waals surface area contributed by atoms with Crippen LogP contribution in [-0.4, -0.2) is 29.4 Å². The summed E-state index contributed by atoms with van der Waals surface area (Å²) in [5.41, 5.74) is 0.225. The highest BCUT2D eigenvalue weighted by atomic mass is 32.2. The maximum absolute atomic E-state index is 11.5. The molecule has 0 atom stereocenters. The molecule has 1 aromatic carbocycles. The summed E-state index contributed by atoms with van der Waals surface area (Å²) < 4.78 is 5.11. The fourth-order valence-corrected chi connectivity index (χ4v) is 2.37. The Morgan fingerprint density at radius 3 is 2.75 bits per heavy atom. The Hall–Kier alpha value is -1.49. The van der Waals surface area contributed by atoms with Gasteiger partial charge >= 0.3 is 11.9 Å². The highest BCUT2D eigenvalue weighted by molar-refractivity contribution is 8.00. The molecule has 1 rings (SSSR count). The minimum atomic E-state index is -0.967. The van der Waals surface area contributed by atoms with Gasteiger partial charge in [-0.25, -0.2) is 4.79 Å². The van der Waals surface area contributed by atoms with Crippen molar-refractivity contribution < 1.29 is 19.4 Å². The molecule has 0 unspecified atom stereocenters. The van der Waals surface area contributed by atoms with Gasteiger partial charge in [0.15, 0.2) is 0 Å². The standard InChI is InChI=1S/C15H20O4S/c1-2-3-4-5-9-19-14(16)11-20-13-8-6-7-12(10-13)15(17)18/h6-8,10H,2-5,9,11H2,1H3,(H,17,18). The lowest BCUT2D eigenvalue weighted by Crippen LogP contribution is -2.08. The summed E-state index contributed by atoms with van der Waals surface area (Å²) in [4.78, 5) is 23.1. The van der Waals surface area contributed by atoms with Gasteiger partial charge in [0.1, 0.15) is 0 Å². The lowest BCUT2D eigenvalue weighted by molar-refractivity contribution is -0.140. The summed E-state index contributed by atoms with van der Waals surface area (Å²) in [6, 6.07) is 6.54. The van der Waals surface area contributed by atoms with Crippen LogP contribution in [0.15, 0.2) is 29.2 Å². The maximum Gasteiger partial charge on any atom is 0.335 e. The Bertz CT molecular complexity index is 445. The fraction of sp³-hybridized carbons (Fsp3) is 0.467. The molecule has 0 amide bonds. The quantitative estimate of drug-likeness (QED) is 0.428. The van der Waals surface area contributed by atoms with Gasteiger partial charge < -0.3 is 9.84 Å². The zero-order valence-corrected chi connectivity index (χ0v) is 12.4. The number of carbonyl (C=O) groups excluding carboxylic acids is 1. The molecule has 0 heterocycles. The van der Waals surface area contributed by atoms with Gasteiger partial charge in [0.2, 0.25) is 0 Å². The molecule has 20 heavy (non-hydrogen) atoms. The van der Waals surface area contributed by atoms with Crippen molar-refractivity contribution in [3.63, 3.8) is 0 Å². The van der Waals surface area contributed by atoms with Crippen molar-refractivity contribution in [1.82, 2.24) is 0 Å². The van der Waals surface area contributed by atoms with Crippen LogP contribution in [0.25, 0.3) is 0 Å². The number of ether oxygens (including phenoxy) is 1. The number of rotatable bonds is 9. The van der Waals surface area contributed by atoms with Gasteiger partial charge in [-0.1, -0.05) is 32.3 Å². The smallest absolute Gasteiger partial charge is 0.335 e. The summed E-state index contributed by atoms with van der Waals surface area (Å²) in [6.45, 7) is 2.60. The predicted octanol–water partition coefficient (Wildman–Crippen LogP) is 3.60. The first-order chi connectivity index (χ1) is 9.63. The summed E-state index contributed by atoms with van der Waals surface area (Å²) >= 11 is 1.29. The van der Waals surface area contributed by atoms with Crippen LogP contribution in [0.4, 0.5) is 0 Å². The molecule has 0 aliphatic heterocycles. The van der Waals surface area contributed by atoms with Crippen LogP contribution in [-0.2, 0) is 9.53 Å². The van der Waals surface area contributed by atoms with Gasteiger partial charge in [-0.05, 0) is 24.6 Å². The van der Waals surface area contributed by atoms with E-state index >= 15 is 0 Å². The minimum absolute atomic E-state index is 0.205. The number of carboxylic acid groups (broad SMARTS) is 1. The van der Waals surface area contributed by atoms with E-state index in [9.17, 15) is 9.59 Å². The molecular formula is C15H20O4S. The van der Waals surface area contributed by atoms with Gasteiger partial charge in [0.05, 0.1) is 17.9 Å². The molecule has 0 bridgehead atoms. The molecule has 4 nitrogen and oxygen atoms in total. The van der Waals surface area contributed by atoms with Gasteiger partial charge in [-0.2, -0.15) is 0 Å². The van der Waals surface area contributed by atoms with Gasteiger partial charge in [-0.15, -0.1) is 11.8 Å². The molecule has 1 aromatic rings. The molecule has 1 N–H and O–H groups in total. The van der Waals surface area contributed by atoms with E-state index < -0.39 is 5.97 Å². The second kappa shape index (κ2) is 9.42. The highest BCUT2D eigenvalue weighted by Gasteiger charge is 2.07. The Morgan fingerprint density at radius 1 is 1.25 bits per heavy atom. The number of unbranched alkanes of at least 4 members (excludes halogenated alkanes) is 3. The van der Waals surface area contributed by atoms with Crippen LogP contribution in [0.1, 0.15) is 43.0 Å². The first-order valence-electron chi connectivity index (χ1n) is 6.75. The molecule has 0 fully saturated rings. The second-order valence-electron chi connectivity index (χ2n) is 4.40. The van der Waals surface area contributed by atoms with Gasteiger partial charge in [-0.3, -0.25) is 4.79 Å². The van der Waals surface area contributed by atoms with Crippen molar-refractivity contribution in [2.75, 3.05) is 12.4 Å². The largest absolute Gasteiger partial charge is 0.478 e. The van der Waals surface area contributed by atoms with Crippen LogP contribution in [0, 0.1) is 0 Å². The molecular weight excluding hydrogens is 276 g/mol. The molecule has 0 aromatic heterocycles. The fourth-order valence-electron chi connectivity index (χ4n) is 1.62. The van der Waals surface area contributed by atoms with E-state index in [1.807, 2.05) is 0 Å². The molecule has 5 heteroatoms.